The molecule has 2 aliphatic rings. The molecule has 1 nitrogen and oxygen atoms in total. The second-order valence-corrected chi connectivity index (χ2v) is 4.83. The molecule has 78 valence electrons. The molecule has 1 heteroatoms. The minimum atomic E-state index is 0.749. The average molecular weight is 191 g/mol. The van der Waals surface area contributed by atoms with Crippen LogP contribution in [0.4, 0.5) is 0 Å². The normalized spacial score (nSPS) is 36.1. The molecule has 0 saturated heterocycles. The molecule has 14 heavy (non-hydrogen) atoms. The zero-order valence-corrected chi connectivity index (χ0v) is 9.13. The number of hydrogen-bond acceptors (Lipinski definition) is 1. The van der Waals surface area contributed by atoms with E-state index in [-0.39, 0.29) is 0 Å². The molecule has 0 amide bonds. The van der Waals surface area contributed by atoms with E-state index in [0.717, 1.165) is 30.2 Å². The zero-order chi connectivity index (χ0) is 9.97. The van der Waals surface area contributed by atoms with Crippen LogP contribution >= 0.6 is 0 Å². The first-order valence-corrected chi connectivity index (χ1v) is 5.99. The van der Waals surface area contributed by atoms with Crippen molar-refractivity contribution in [1.82, 2.24) is 5.32 Å². The molecule has 0 aliphatic heterocycles. The fraction of sp³-hybridized carbons (Fsp3) is 0.846. The molecule has 2 aliphatic carbocycles. The van der Waals surface area contributed by atoms with Gasteiger partial charge < -0.3 is 5.32 Å². The van der Waals surface area contributed by atoms with Crippen molar-refractivity contribution in [1.29, 1.82) is 0 Å². The maximum atomic E-state index is 5.27. The maximum Gasteiger partial charge on any atom is 0.00981 e. The van der Waals surface area contributed by atoms with E-state index < -0.39 is 0 Å². The predicted octanol–water partition coefficient (Wildman–Crippen LogP) is 2.42. The van der Waals surface area contributed by atoms with Crippen molar-refractivity contribution >= 4 is 0 Å². The summed E-state index contributed by atoms with van der Waals surface area (Å²) in [6.45, 7) is 0. The van der Waals surface area contributed by atoms with Gasteiger partial charge in [-0.1, -0.05) is 6.42 Å². The van der Waals surface area contributed by atoms with E-state index in [1.165, 1.54) is 32.1 Å². The minimum Gasteiger partial charge on any atom is -0.317 e. The van der Waals surface area contributed by atoms with Crippen LogP contribution in [-0.4, -0.2) is 13.1 Å². The molecular formula is C13H21N. The Bertz CT molecular complexity index is 218. The summed E-state index contributed by atoms with van der Waals surface area (Å²) in [7, 11) is 2.11. The van der Waals surface area contributed by atoms with Crippen LogP contribution in [0.1, 0.15) is 38.5 Å². The van der Waals surface area contributed by atoms with Gasteiger partial charge in [0.25, 0.3) is 0 Å². The van der Waals surface area contributed by atoms with Crippen LogP contribution in [0.5, 0.6) is 0 Å². The van der Waals surface area contributed by atoms with E-state index in [0.29, 0.717) is 0 Å². The summed E-state index contributed by atoms with van der Waals surface area (Å²) in [6, 6.07) is 0.749. The Balaban J connectivity index is 1.75. The highest BCUT2D eigenvalue weighted by Gasteiger charge is 2.54. The highest BCUT2D eigenvalue weighted by Crippen LogP contribution is 2.59. The van der Waals surface area contributed by atoms with Gasteiger partial charge >= 0.3 is 0 Å². The Morgan fingerprint density at radius 1 is 1.43 bits per heavy atom. The highest BCUT2D eigenvalue weighted by molar-refractivity contribution is 5.06. The molecule has 0 aromatic heterocycles. The lowest BCUT2D eigenvalue weighted by molar-refractivity contribution is 0.402. The van der Waals surface area contributed by atoms with Gasteiger partial charge in [-0.3, -0.25) is 0 Å². The van der Waals surface area contributed by atoms with Gasteiger partial charge in [-0.2, -0.15) is 0 Å². The Hall–Kier alpha value is -0.480. The minimum absolute atomic E-state index is 0.749. The summed E-state index contributed by atoms with van der Waals surface area (Å²) in [4.78, 5) is 0. The predicted molar refractivity (Wildman–Crippen MR) is 59.9 cm³/mol. The Kier molecular flexibility index (Phi) is 3.13. The molecule has 2 rings (SSSR count). The molecule has 0 bridgehead atoms. The molecule has 0 radical (unpaired) electrons. The summed E-state index contributed by atoms with van der Waals surface area (Å²) in [5.74, 6) is 5.86. The molecule has 3 atom stereocenters. The number of unbranched alkanes of at least 4 members (excludes halogenated alkanes) is 1. The molecule has 1 N–H and O–H groups in total. The zero-order valence-electron chi connectivity index (χ0n) is 9.13. The van der Waals surface area contributed by atoms with Gasteiger partial charge in [0, 0.05) is 12.5 Å². The summed E-state index contributed by atoms with van der Waals surface area (Å²) in [6.07, 6.45) is 13.1. The van der Waals surface area contributed by atoms with E-state index in [9.17, 15) is 0 Å². The van der Waals surface area contributed by atoms with Gasteiger partial charge in [0.2, 0.25) is 0 Å². The van der Waals surface area contributed by atoms with Gasteiger partial charge in [0.1, 0.15) is 0 Å². The Morgan fingerprint density at radius 2 is 2.14 bits per heavy atom. The lowest BCUT2D eigenvalue weighted by Gasteiger charge is -2.17. The van der Waals surface area contributed by atoms with Gasteiger partial charge in [0.05, 0.1) is 0 Å². The lowest BCUT2D eigenvalue weighted by Crippen LogP contribution is -2.29. The maximum absolute atomic E-state index is 5.27. The van der Waals surface area contributed by atoms with Gasteiger partial charge in [0.15, 0.2) is 0 Å². The molecule has 0 heterocycles. The van der Waals surface area contributed by atoms with Crippen molar-refractivity contribution in [2.45, 2.75) is 44.6 Å². The van der Waals surface area contributed by atoms with Crippen LogP contribution in [0.25, 0.3) is 0 Å². The summed E-state index contributed by atoms with van der Waals surface area (Å²) in [5, 5.41) is 3.48. The van der Waals surface area contributed by atoms with E-state index >= 15 is 0 Å². The van der Waals surface area contributed by atoms with Crippen LogP contribution in [0.15, 0.2) is 0 Å². The summed E-state index contributed by atoms with van der Waals surface area (Å²) in [5.41, 5.74) is 0. The van der Waals surface area contributed by atoms with Crippen molar-refractivity contribution in [2.75, 3.05) is 7.05 Å². The third kappa shape index (κ3) is 1.81. The number of nitrogens with one attached hydrogen (secondary N) is 1. The van der Waals surface area contributed by atoms with Crippen molar-refractivity contribution in [2.24, 2.45) is 17.8 Å². The highest BCUT2D eigenvalue weighted by atomic mass is 14.9. The molecule has 2 saturated carbocycles. The first-order chi connectivity index (χ1) is 6.88. The molecule has 0 aromatic rings. The monoisotopic (exact) mass is 191 g/mol. The lowest BCUT2D eigenvalue weighted by atomic mass is 9.99. The third-order valence-electron chi connectivity index (χ3n) is 4.14. The van der Waals surface area contributed by atoms with E-state index in [1.807, 2.05) is 0 Å². The number of hydrogen-bond donors (Lipinski definition) is 1. The molecule has 0 aromatic carbocycles. The Labute approximate surface area is 87.7 Å². The van der Waals surface area contributed by atoms with Gasteiger partial charge in [-0.05, 0) is 50.5 Å². The fourth-order valence-corrected chi connectivity index (χ4v) is 3.43. The van der Waals surface area contributed by atoms with Crippen LogP contribution in [0.2, 0.25) is 0 Å². The van der Waals surface area contributed by atoms with Crippen molar-refractivity contribution in [3.05, 3.63) is 0 Å². The second kappa shape index (κ2) is 4.36. The second-order valence-electron chi connectivity index (χ2n) is 4.83. The van der Waals surface area contributed by atoms with E-state index in [2.05, 4.69) is 18.3 Å². The number of fused-ring (bicyclic) bond motifs is 1. The fourth-order valence-electron chi connectivity index (χ4n) is 3.43. The topological polar surface area (TPSA) is 12.0 Å². The average Bonchev–Trinajstić information content (AvgIpc) is 2.69. The first kappa shape index (κ1) is 10.1. The van der Waals surface area contributed by atoms with Crippen LogP contribution < -0.4 is 5.32 Å². The molecule has 2 fully saturated rings. The smallest absolute Gasteiger partial charge is 0.00981 e. The SMILES string of the molecule is C#CCCCC(NC)C1C2CCCC21. The van der Waals surface area contributed by atoms with Crippen LogP contribution in [-0.2, 0) is 0 Å². The van der Waals surface area contributed by atoms with Crippen molar-refractivity contribution in [3.8, 4) is 12.3 Å². The quantitative estimate of drug-likeness (QED) is 0.520. The van der Waals surface area contributed by atoms with Crippen molar-refractivity contribution < 1.29 is 0 Å². The first-order valence-electron chi connectivity index (χ1n) is 5.99. The van der Waals surface area contributed by atoms with Gasteiger partial charge in [-0.15, -0.1) is 12.3 Å². The van der Waals surface area contributed by atoms with E-state index in [1.54, 1.807) is 0 Å². The standard InChI is InChI=1S/C13H21N/c1-3-4-5-9-12(14-2)13-10-7-6-8-11(10)13/h1,10-14H,4-9H2,2H3. The number of terminal acetylenes is 1. The van der Waals surface area contributed by atoms with Crippen molar-refractivity contribution in [3.63, 3.8) is 0 Å². The molecule has 3 unspecified atom stereocenters. The van der Waals surface area contributed by atoms with Crippen LogP contribution in [0, 0.1) is 30.1 Å². The third-order valence-corrected chi connectivity index (χ3v) is 4.14. The summed E-state index contributed by atoms with van der Waals surface area (Å²) < 4.78 is 0. The molecule has 0 spiro atoms. The summed E-state index contributed by atoms with van der Waals surface area (Å²) >= 11 is 0. The molecular weight excluding hydrogens is 170 g/mol. The largest absolute Gasteiger partial charge is 0.317 e. The number of rotatable bonds is 5. The van der Waals surface area contributed by atoms with Gasteiger partial charge in [-0.25, -0.2) is 0 Å². The van der Waals surface area contributed by atoms with Crippen LogP contribution in [0.3, 0.4) is 0 Å². The Morgan fingerprint density at radius 3 is 2.71 bits per heavy atom. The van der Waals surface area contributed by atoms with E-state index in [4.69, 9.17) is 6.42 Å².